The molecule has 1 saturated carbocycles. The van der Waals surface area contributed by atoms with Gasteiger partial charge < -0.3 is 14.9 Å². The third-order valence-corrected chi connectivity index (χ3v) is 5.70. The van der Waals surface area contributed by atoms with E-state index >= 15 is 0 Å². The van der Waals surface area contributed by atoms with Gasteiger partial charge in [0, 0.05) is 32.6 Å². The first-order valence-electron chi connectivity index (χ1n) is 9.90. The second-order valence-corrected chi connectivity index (χ2v) is 7.65. The van der Waals surface area contributed by atoms with Crippen molar-refractivity contribution in [3.63, 3.8) is 0 Å². The standard InChI is InChI=1S/C21H28N2O4/c24-19(14-16-5-2-1-3-6-16)22-9-11-23(12-10-22)20(25)15-17-7-4-8-18(13-17)21(26)27/h4,7-8,13,16H,1-3,5-6,9-12,14-15H2,(H,26,27). The maximum atomic E-state index is 12.5. The number of rotatable bonds is 5. The van der Waals surface area contributed by atoms with E-state index in [0.717, 1.165) is 0 Å². The number of hydrogen-bond acceptors (Lipinski definition) is 3. The van der Waals surface area contributed by atoms with E-state index in [9.17, 15) is 14.4 Å². The molecule has 0 atom stereocenters. The highest BCUT2D eigenvalue weighted by molar-refractivity contribution is 5.88. The van der Waals surface area contributed by atoms with Gasteiger partial charge in [0.05, 0.1) is 12.0 Å². The summed E-state index contributed by atoms with van der Waals surface area (Å²) in [5.74, 6) is -0.248. The molecule has 146 valence electrons. The normalized spacial score (nSPS) is 18.4. The number of carbonyl (C=O) groups is 3. The van der Waals surface area contributed by atoms with E-state index in [0.29, 0.717) is 44.1 Å². The summed E-state index contributed by atoms with van der Waals surface area (Å²) >= 11 is 0. The van der Waals surface area contributed by atoms with Crippen LogP contribution in [0, 0.1) is 5.92 Å². The van der Waals surface area contributed by atoms with Crippen molar-refractivity contribution < 1.29 is 19.5 Å². The van der Waals surface area contributed by atoms with Crippen LogP contribution in [0.3, 0.4) is 0 Å². The van der Waals surface area contributed by atoms with Crippen molar-refractivity contribution in [3.8, 4) is 0 Å². The highest BCUT2D eigenvalue weighted by Gasteiger charge is 2.26. The molecule has 1 saturated heterocycles. The summed E-state index contributed by atoms with van der Waals surface area (Å²) in [5, 5.41) is 9.06. The number of hydrogen-bond donors (Lipinski definition) is 1. The summed E-state index contributed by atoms with van der Waals surface area (Å²) < 4.78 is 0. The fraction of sp³-hybridized carbons (Fsp3) is 0.571. The summed E-state index contributed by atoms with van der Waals surface area (Å²) in [4.78, 5) is 39.7. The maximum absolute atomic E-state index is 12.5. The number of carboxylic acid groups (broad SMARTS) is 1. The summed E-state index contributed by atoms with van der Waals surface area (Å²) in [5.41, 5.74) is 0.897. The fourth-order valence-corrected chi connectivity index (χ4v) is 4.07. The fourth-order valence-electron chi connectivity index (χ4n) is 4.07. The molecule has 0 spiro atoms. The summed E-state index contributed by atoms with van der Waals surface area (Å²) in [6.45, 7) is 2.28. The molecule has 2 amide bonds. The molecule has 3 rings (SSSR count). The minimum Gasteiger partial charge on any atom is -0.478 e. The molecule has 0 unspecified atom stereocenters. The Balaban J connectivity index is 1.46. The van der Waals surface area contributed by atoms with Crippen LogP contribution in [0.1, 0.15) is 54.4 Å². The van der Waals surface area contributed by atoms with Gasteiger partial charge in [-0.3, -0.25) is 9.59 Å². The first-order valence-corrected chi connectivity index (χ1v) is 9.90. The van der Waals surface area contributed by atoms with Crippen LogP contribution in [0.2, 0.25) is 0 Å². The van der Waals surface area contributed by atoms with Gasteiger partial charge in [-0.2, -0.15) is 0 Å². The Kier molecular flexibility index (Phi) is 6.48. The molecule has 1 aliphatic carbocycles. The number of carbonyl (C=O) groups excluding carboxylic acids is 2. The minimum absolute atomic E-state index is 0.0167. The number of piperazine rings is 1. The molecule has 6 heteroatoms. The quantitative estimate of drug-likeness (QED) is 0.862. The van der Waals surface area contributed by atoms with Gasteiger partial charge in [-0.05, 0) is 36.5 Å². The molecule has 0 bridgehead atoms. The summed E-state index contributed by atoms with van der Waals surface area (Å²) in [6.07, 6.45) is 6.94. The van der Waals surface area contributed by atoms with Crippen LogP contribution in [-0.4, -0.2) is 58.9 Å². The molecule has 2 fully saturated rings. The van der Waals surface area contributed by atoms with Gasteiger partial charge in [-0.1, -0.05) is 31.4 Å². The van der Waals surface area contributed by atoms with Crippen LogP contribution in [0.15, 0.2) is 24.3 Å². The number of carboxylic acids is 1. The first-order chi connectivity index (χ1) is 13.0. The molecular formula is C21H28N2O4. The Hall–Kier alpha value is -2.37. The van der Waals surface area contributed by atoms with Crippen molar-refractivity contribution >= 4 is 17.8 Å². The number of nitrogens with zero attached hydrogens (tertiary/aromatic N) is 2. The third-order valence-electron chi connectivity index (χ3n) is 5.70. The van der Waals surface area contributed by atoms with Crippen LogP contribution in [-0.2, 0) is 16.0 Å². The predicted octanol–water partition coefficient (Wildman–Crippen LogP) is 2.57. The van der Waals surface area contributed by atoms with Gasteiger partial charge in [0.25, 0.3) is 0 Å². The van der Waals surface area contributed by atoms with Gasteiger partial charge in [-0.25, -0.2) is 4.79 Å². The average Bonchev–Trinajstić information content (AvgIpc) is 2.69. The first kappa shape index (κ1) is 19.4. The van der Waals surface area contributed by atoms with E-state index in [1.165, 1.54) is 38.2 Å². The lowest BCUT2D eigenvalue weighted by Crippen LogP contribution is -2.51. The summed E-state index contributed by atoms with van der Waals surface area (Å²) in [6, 6.07) is 6.50. The zero-order valence-corrected chi connectivity index (χ0v) is 15.7. The molecule has 1 N–H and O–H groups in total. The van der Waals surface area contributed by atoms with Crippen LogP contribution in [0.4, 0.5) is 0 Å². The van der Waals surface area contributed by atoms with E-state index < -0.39 is 5.97 Å². The topological polar surface area (TPSA) is 77.9 Å². The van der Waals surface area contributed by atoms with Gasteiger partial charge in [0.1, 0.15) is 0 Å². The third kappa shape index (κ3) is 5.31. The SMILES string of the molecule is O=C(O)c1cccc(CC(=O)N2CCN(C(=O)CC3CCCCC3)CC2)c1. The van der Waals surface area contributed by atoms with Crippen molar-refractivity contribution in [3.05, 3.63) is 35.4 Å². The van der Waals surface area contributed by atoms with Gasteiger partial charge in [-0.15, -0.1) is 0 Å². The highest BCUT2D eigenvalue weighted by atomic mass is 16.4. The second-order valence-electron chi connectivity index (χ2n) is 7.65. The van der Waals surface area contributed by atoms with Crippen molar-refractivity contribution in [2.75, 3.05) is 26.2 Å². The largest absolute Gasteiger partial charge is 0.478 e. The van der Waals surface area contributed by atoms with E-state index in [-0.39, 0.29) is 23.8 Å². The average molecular weight is 372 g/mol. The van der Waals surface area contributed by atoms with Gasteiger partial charge >= 0.3 is 5.97 Å². The molecule has 0 aromatic heterocycles. The monoisotopic (exact) mass is 372 g/mol. The molecule has 6 nitrogen and oxygen atoms in total. The Bertz CT molecular complexity index is 689. The lowest BCUT2D eigenvalue weighted by atomic mass is 9.86. The predicted molar refractivity (Wildman–Crippen MR) is 101 cm³/mol. The Labute approximate surface area is 160 Å². The number of benzene rings is 1. The molecule has 1 heterocycles. The Morgan fingerprint density at radius 3 is 2.19 bits per heavy atom. The molecule has 1 aliphatic heterocycles. The molecule has 1 aromatic carbocycles. The van der Waals surface area contributed by atoms with E-state index in [1.54, 1.807) is 23.1 Å². The van der Waals surface area contributed by atoms with E-state index in [2.05, 4.69) is 0 Å². The number of amides is 2. The molecule has 0 radical (unpaired) electrons. The van der Waals surface area contributed by atoms with Crippen molar-refractivity contribution in [2.24, 2.45) is 5.92 Å². The second kappa shape index (κ2) is 9.02. The minimum atomic E-state index is -0.991. The van der Waals surface area contributed by atoms with E-state index in [1.807, 2.05) is 4.90 Å². The van der Waals surface area contributed by atoms with Crippen molar-refractivity contribution in [1.29, 1.82) is 0 Å². The smallest absolute Gasteiger partial charge is 0.335 e. The van der Waals surface area contributed by atoms with E-state index in [4.69, 9.17) is 5.11 Å². The maximum Gasteiger partial charge on any atom is 0.335 e. The van der Waals surface area contributed by atoms with Crippen LogP contribution in [0.5, 0.6) is 0 Å². The van der Waals surface area contributed by atoms with Crippen molar-refractivity contribution in [1.82, 2.24) is 9.80 Å². The molecule has 1 aromatic rings. The molecular weight excluding hydrogens is 344 g/mol. The highest BCUT2D eigenvalue weighted by Crippen LogP contribution is 2.27. The van der Waals surface area contributed by atoms with Crippen LogP contribution >= 0.6 is 0 Å². The van der Waals surface area contributed by atoms with Crippen LogP contribution in [0.25, 0.3) is 0 Å². The van der Waals surface area contributed by atoms with Gasteiger partial charge in [0.15, 0.2) is 0 Å². The summed E-state index contributed by atoms with van der Waals surface area (Å²) in [7, 11) is 0. The molecule has 27 heavy (non-hydrogen) atoms. The molecule has 2 aliphatic rings. The van der Waals surface area contributed by atoms with Gasteiger partial charge in [0.2, 0.25) is 11.8 Å². The Morgan fingerprint density at radius 2 is 1.56 bits per heavy atom. The zero-order chi connectivity index (χ0) is 19.2. The Morgan fingerprint density at radius 1 is 0.926 bits per heavy atom. The number of aromatic carboxylic acids is 1. The lowest BCUT2D eigenvalue weighted by Gasteiger charge is -2.36. The zero-order valence-electron chi connectivity index (χ0n) is 15.7. The van der Waals surface area contributed by atoms with Crippen molar-refractivity contribution in [2.45, 2.75) is 44.9 Å². The van der Waals surface area contributed by atoms with Crippen LogP contribution < -0.4 is 0 Å². The lowest BCUT2D eigenvalue weighted by molar-refractivity contribution is -0.139.